The van der Waals surface area contributed by atoms with Crippen LogP contribution in [0.5, 0.6) is 0 Å². The van der Waals surface area contributed by atoms with Crippen LogP contribution in [0.4, 0.5) is 10.5 Å². The van der Waals surface area contributed by atoms with Gasteiger partial charge in [-0.05, 0) is 45.0 Å². The third-order valence-electron chi connectivity index (χ3n) is 5.21. The number of aliphatic carboxylic acids is 1. The first kappa shape index (κ1) is 24.7. The second-order valence-corrected chi connectivity index (χ2v) is 8.98. The zero-order valence-corrected chi connectivity index (χ0v) is 19.6. The SMILES string of the molecule is CC(C)(C)OC(=O)N1CCN(C(=O)Cn2ccc3cc(N=CC(CC(=O)O)=NN)ccc32)CC1. The van der Waals surface area contributed by atoms with Crippen LogP contribution < -0.4 is 5.84 Å². The van der Waals surface area contributed by atoms with Gasteiger partial charge in [0.1, 0.15) is 12.1 Å². The van der Waals surface area contributed by atoms with Crippen LogP contribution in [0.15, 0.2) is 40.6 Å². The predicted octanol–water partition coefficient (Wildman–Crippen LogP) is 2.21. The number of carbonyl (C=O) groups excluding carboxylic acids is 2. The summed E-state index contributed by atoms with van der Waals surface area (Å²) in [6.45, 7) is 7.44. The number of hydrogen-bond acceptors (Lipinski definition) is 7. The third kappa shape index (κ3) is 6.56. The van der Waals surface area contributed by atoms with E-state index in [1.807, 2.05) is 49.7 Å². The Morgan fingerprint density at radius 1 is 1.12 bits per heavy atom. The van der Waals surface area contributed by atoms with Crippen molar-refractivity contribution in [1.29, 1.82) is 0 Å². The van der Waals surface area contributed by atoms with E-state index in [1.165, 1.54) is 6.21 Å². The number of amides is 2. The van der Waals surface area contributed by atoms with Crippen molar-refractivity contribution < 1.29 is 24.2 Å². The smallest absolute Gasteiger partial charge is 0.410 e. The minimum absolute atomic E-state index is 0.0269. The summed E-state index contributed by atoms with van der Waals surface area (Å²) in [5.74, 6) is 4.13. The zero-order valence-electron chi connectivity index (χ0n) is 19.6. The van der Waals surface area contributed by atoms with E-state index in [0.717, 1.165) is 10.9 Å². The molecule has 1 aliphatic rings. The molecule has 11 heteroatoms. The maximum Gasteiger partial charge on any atom is 0.410 e. The third-order valence-corrected chi connectivity index (χ3v) is 5.21. The molecule has 3 rings (SSSR count). The van der Waals surface area contributed by atoms with Gasteiger partial charge in [-0.25, -0.2) is 4.79 Å². The molecule has 3 N–H and O–H groups in total. The average Bonchev–Trinajstić information content (AvgIpc) is 3.17. The van der Waals surface area contributed by atoms with Crippen molar-refractivity contribution in [2.24, 2.45) is 15.9 Å². The molecule has 182 valence electrons. The van der Waals surface area contributed by atoms with Gasteiger partial charge in [0, 0.05) is 43.3 Å². The summed E-state index contributed by atoms with van der Waals surface area (Å²) in [4.78, 5) is 43.5. The number of ether oxygens (including phenoxy) is 1. The van der Waals surface area contributed by atoms with Crippen LogP contribution in [0.25, 0.3) is 10.9 Å². The number of carboxylic acid groups (broad SMARTS) is 1. The summed E-state index contributed by atoms with van der Waals surface area (Å²) in [6.07, 6.45) is 2.49. The number of hydrazone groups is 1. The van der Waals surface area contributed by atoms with Crippen molar-refractivity contribution in [3.63, 3.8) is 0 Å². The molecule has 1 saturated heterocycles. The predicted molar refractivity (Wildman–Crippen MR) is 128 cm³/mol. The lowest BCUT2D eigenvalue weighted by molar-refractivity contribution is -0.135. The van der Waals surface area contributed by atoms with Crippen LogP contribution in [-0.4, -0.2) is 81.1 Å². The monoisotopic (exact) mass is 470 g/mol. The number of aliphatic imine (C=N–C) groups is 1. The van der Waals surface area contributed by atoms with E-state index in [1.54, 1.807) is 15.9 Å². The van der Waals surface area contributed by atoms with E-state index in [4.69, 9.17) is 15.7 Å². The first-order chi connectivity index (χ1) is 16.1. The Morgan fingerprint density at radius 3 is 2.41 bits per heavy atom. The van der Waals surface area contributed by atoms with Crippen LogP contribution in [0.1, 0.15) is 27.2 Å². The number of aromatic nitrogens is 1. The number of piperazine rings is 1. The van der Waals surface area contributed by atoms with Crippen LogP contribution in [-0.2, 0) is 20.9 Å². The van der Waals surface area contributed by atoms with Gasteiger partial charge in [-0.15, -0.1) is 0 Å². The lowest BCUT2D eigenvalue weighted by Crippen LogP contribution is -2.52. The molecular formula is C23H30N6O5. The van der Waals surface area contributed by atoms with E-state index in [0.29, 0.717) is 31.9 Å². The molecule has 11 nitrogen and oxygen atoms in total. The summed E-state index contributed by atoms with van der Waals surface area (Å²) in [5, 5.41) is 13.2. The lowest BCUT2D eigenvalue weighted by Gasteiger charge is -2.35. The number of fused-ring (bicyclic) bond motifs is 1. The zero-order chi connectivity index (χ0) is 24.9. The standard InChI is InChI=1S/C23H30N6O5/c1-23(2,3)34-22(33)28-10-8-27(9-11-28)20(30)15-29-7-6-16-12-17(4-5-19(16)29)25-14-18(26-24)13-21(31)32/h4-7,12,14H,8-11,13,15,24H2,1-3H3,(H,31,32). The number of rotatable bonds is 6. The fourth-order valence-corrected chi connectivity index (χ4v) is 3.54. The fraction of sp³-hybridized carbons (Fsp3) is 0.435. The number of carboxylic acids is 1. The van der Waals surface area contributed by atoms with Gasteiger partial charge in [-0.2, -0.15) is 5.10 Å². The molecule has 1 aromatic carbocycles. The first-order valence-electron chi connectivity index (χ1n) is 10.9. The molecule has 1 aromatic heterocycles. The average molecular weight is 471 g/mol. The second kappa shape index (κ2) is 10.4. The number of nitrogens with two attached hydrogens (primary N) is 1. The van der Waals surface area contributed by atoms with Gasteiger partial charge in [0.05, 0.1) is 24.0 Å². The summed E-state index contributed by atoms with van der Waals surface area (Å²) < 4.78 is 7.26. The lowest BCUT2D eigenvalue weighted by atomic mass is 10.2. The topological polar surface area (TPSA) is 143 Å². The molecule has 0 atom stereocenters. The minimum atomic E-state index is -1.04. The molecule has 0 unspecified atom stereocenters. The molecule has 1 aliphatic heterocycles. The van der Waals surface area contributed by atoms with Gasteiger partial charge in [0.15, 0.2) is 0 Å². The normalized spacial score (nSPS) is 15.2. The van der Waals surface area contributed by atoms with E-state index in [-0.39, 0.29) is 30.7 Å². The fourth-order valence-electron chi connectivity index (χ4n) is 3.54. The molecule has 0 bridgehead atoms. The first-order valence-corrected chi connectivity index (χ1v) is 10.9. The Balaban J connectivity index is 1.60. The number of nitrogens with zero attached hydrogens (tertiary/aromatic N) is 5. The van der Waals surface area contributed by atoms with Gasteiger partial charge in [-0.3, -0.25) is 14.6 Å². The highest BCUT2D eigenvalue weighted by molar-refractivity contribution is 6.34. The van der Waals surface area contributed by atoms with Gasteiger partial charge >= 0.3 is 12.1 Å². The largest absolute Gasteiger partial charge is 0.481 e. The second-order valence-electron chi connectivity index (χ2n) is 8.98. The Bertz CT molecular complexity index is 1120. The molecule has 1 fully saturated rings. The van der Waals surface area contributed by atoms with Crippen molar-refractivity contribution in [3.05, 3.63) is 30.5 Å². The van der Waals surface area contributed by atoms with Gasteiger partial charge in [0.2, 0.25) is 5.91 Å². The molecule has 0 saturated carbocycles. The molecule has 2 amide bonds. The summed E-state index contributed by atoms with van der Waals surface area (Å²) in [5.41, 5.74) is 1.09. The van der Waals surface area contributed by atoms with E-state index < -0.39 is 11.6 Å². The van der Waals surface area contributed by atoms with Gasteiger partial charge < -0.3 is 30.1 Å². The maximum absolute atomic E-state index is 12.9. The Labute approximate surface area is 197 Å². The number of benzene rings is 1. The Hall–Kier alpha value is -3.89. The van der Waals surface area contributed by atoms with Crippen molar-refractivity contribution >= 4 is 46.5 Å². The summed E-state index contributed by atoms with van der Waals surface area (Å²) in [6, 6.07) is 7.35. The molecule has 2 aromatic rings. The molecule has 0 radical (unpaired) electrons. The highest BCUT2D eigenvalue weighted by Crippen LogP contribution is 2.22. The number of carbonyl (C=O) groups is 3. The van der Waals surface area contributed by atoms with Gasteiger partial charge in [-0.1, -0.05) is 0 Å². The van der Waals surface area contributed by atoms with Gasteiger partial charge in [0.25, 0.3) is 0 Å². The molecule has 2 heterocycles. The minimum Gasteiger partial charge on any atom is -0.481 e. The van der Waals surface area contributed by atoms with Crippen molar-refractivity contribution in [3.8, 4) is 0 Å². The maximum atomic E-state index is 12.9. The summed E-state index contributed by atoms with van der Waals surface area (Å²) in [7, 11) is 0. The van der Waals surface area contributed by atoms with E-state index >= 15 is 0 Å². The Morgan fingerprint density at radius 2 is 1.79 bits per heavy atom. The number of hydrogen-bond donors (Lipinski definition) is 2. The highest BCUT2D eigenvalue weighted by atomic mass is 16.6. The van der Waals surface area contributed by atoms with E-state index in [2.05, 4.69) is 10.1 Å². The summed E-state index contributed by atoms with van der Waals surface area (Å²) >= 11 is 0. The van der Waals surface area contributed by atoms with Crippen molar-refractivity contribution in [2.75, 3.05) is 26.2 Å². The van der Waals surface area contributed by atoms with Crippen LogP contribution in [0.3, 0.4) is 0 Å². The molecular weight excluding hydrogens is 440 g/mol. The van der Waals surface area contributed by atoms with Crippen molar-refractivity contribution in [1.82, 2.24) is 14.4 Å². The highest BCUT2D eigenvalue weighted by Gasteiger charge is 2.27. The Kier molecular flexibility index (Phi) is 7.54. The van der Waals surface area contributed by atoms with E-state index in [9.17, 15) is 14.4 Å². The van der Waals surface area contributed by atoms with Crippen LogP contribution in [0.2, 0.25) is 0 Å². The van der Waals surface area contributed by atoms with Crippen LogP contribution in [0, 0.1) is 0 Å². The molecule has 0 spiro atoms. The molecule has 34 heavy (non-hydrogen) atoms. The van der Waals surface area contributed by atoms with Crippen molar-refractivity contribution in [2.45, 2.75) is 39.3 Å². The van der Waals surface area contributed by atoms with Crippen LogP contribution >= 0.6 is 0 Å². The quantitative estimate of drug-likeness (QED) is 0.376. The molecule has 0 aliphatic carbocycles.